The predicted molar refractivity (Wildman–Crippen MR) is 140 cm³/mol. The highest BCUT2D eigenvalue weighted by Crippen LogP contribution is 2.57. The van der Waals surface area contributed by atoms with Crippen LogP contribution in [-0.2, 0) is 9.59 Å². The second kappa shape index (κ2) is 9.71. The molecule has 0 radical (unpaired) electrons. The summed E-state index contributed by atoms with van der Waals surface area (Å²) in [5.41, 5.74) is 3.07. The van der Waals surface area contributed by atoms with Gasteiger partial charge < -0.3 is 9.32 Å². The van der Waals surface area contributed by atoms with Crippen LogP contribution in [0.2, 0.25) is 0 Å². The first kappa shape index (κ1) is 23.8. The summed E-state index contributed by atoms with van der Waals surface area (Å²) >= 11 is 0. The van der Waals surface area contributed by atoms with Crippen molar-refractivity contribution in [3.63, 3.8) is 0 Å². The lowest BCUT2D eigenvalue weighted by atomic mass is 9.52. The van der Waals surface area contributed by atoms with Crippen molar-refractivity contribution >= 4 is 22.8 Å². The van der Waals surface area contributed by atoms with E-state index >= 15 is 0 Å². The Hall–Kier alpha value is -2.58. The van der Waals surface area contributed by atoms with Crippen LogP contribution in [-0.4, -0.2) is 35.8 Å². The molecule has 0 spiro atoms. The number of hydrogen-bond acceptors (Lipinski definition) is 4. The van der Waals surface area contributed by atoms with Gasteiger partial charge in [0.2, 0.25) is 11.8 Å². The molecule has 190 valence electrons. The molecule has 1 aromatic carbocycles. The maximum Gasteiger partial charge on any atom is 0.234 e. The normalized spacial score (nSPS) is 31.1. The Balaban J connectivity index is 0.992. The standard InChI is InChI=1S/C31H38N2O3/c1-33(31-17-22-13-23(18-31)15-24(14-22)19-31)12-6-4-2-3-5-7-21-8-10-28-26(16-21)27(20-36-28)25-9-11-29(34)32-30(25)35/h8,10,16,20,22-25H,2-4,6,9,11-15,17-19H2,1H3,(H,32,34,35). The first-order valence-corrected chi connectivity index (χ1v) is 14.0. The van der Waals surface area contributed by atoms with Gasteiger partial charge in [0.05, 0.1) is 12.2 Å². The lowest BCUT2D eigenvalue weighted by Gasteiger charge is -2.60. The van der Waals surface area contributed by atoms with E-state index in [1.807, 2.05) is 18.2 Å². The number of amides is 2. The van der Waals surface area contributed by atoms with E-state index in [0.29, 0.717) is 18.4 Å². The Bertz CT molecular complexity index is 1180. The number of fused-ring (bicyclic) bond motifs is 1. The van der Waals surface area contributed by atoms with Gasteiger partial charge in [0, 0.05) is 34.9 Å². The molecule has 2 aromatic rings. The zero-order valence-corrected chi connectivity index (χ0v) is 21.5. The average Bonchev–Trinajstić information content (AvgIpc) is 3.25. The number of hydrogen-bond donors (Lipinski definition) is 1. The van der Waals surface area contributed by atoms with Crippen molar-refractivity contribution in [1.29, 1.82) is 0 Å². The van der Waals surface area contributed by atoms with Crippen molar-refractivity contribution in [2.24, 2.45) is 17.8 Å². The van der Waals surface area contributed by atoms with Gasteiger partial charge in [-0.3, -0.25) is 14.9 Å². The molecule has 1 atom stereocenters. The molecular formula is C31H38N2O3. The van der Waals surface area contributed by atoms with Crippen molar-refractivity contribution in [2.45, 2.75) is 88.5 Å². The molecule has 5 fully saturated rings. The van der Waals surface area contributed by atoms with E-state index in [0.717, 1.165) is 52.7 Å². The van der Waals surface area contributed by atoms with Crippen molar-refractivity contribution in [3.8, 4) is 11.8 Å². The number of rotatable bonds is 7. The zero-order valence-electron chi connectivity index (χ0n) is 21.5. The number of nitrogens with zero attached hydrogens (tertiary/aromatic N) is 1. The highest BCUT2D eigenvalue weighted by molar-refractivity contribution is 6.02. The van der Waals surface area contributed by atoms with Crippen LogP contribution in [0.3, 0.4) is 0 Å². The van der Waals surface area contributed by atoms with Gasteiger partial charge >= 0.3 is 0 Å². The lowest BCUT2D eigenvalue weighted by Crippen LogP contribution is -2.58. The second-order valence-electron chi connectivity index (χ2n) is 12.1. The summed E-state index contributed by atoms with van der Waals surface area (Å²) in [6.07, 6.45) is 16.0. The third kappa shape index (κ3) is 4.61. The summed E-state index contributed by atoms with van der Waals surface area (Å²) in [5, 5.41) is 3.36. The Morgan fingerprint density at radius 2 is 1.81 bits per heavy atom. The van der Waals surface area contributed by atoms with Crippen molar-refractivity contribution < 1.29 is 14.0 Å². The van der Waals surface area contributed by atoms with Crippen LogP contribution >= 0.6 is 0 Å². The van der Waals surface area contributed by atoms with Crippen molar-refractivity contribution in [2.75, 3.05) is 13.6 Å². The van der Waals surface area contributed by atoms with Crippen LogP contribution in [0, 0.1) is 29.6 Å². The SMILES string of the molecule is CN(CCCCCC#Cc1ccc2occ(C3CCC(=O)NC3=O)c2c1)C12CC3CC(CC(C3)C1)C2. The Kier molecular flexibility index (Phi) is 6.42. The molecule has 1 aromatic heterocycles. The Morgan fingerprint density at radius 3 is 2.53 bits per heavy atom. The van der Waals surface area contributed by atoms with Gasteiger partial charge in [-0.2, -0.15) is 0 Å². The summed E-state index contributed by atoms with van der Waals surface area (Å²) in [6, 6.07) is 5.92. The number of benzene rings is 1. The van der Waals surface area contributed by atoms with Crippen molar-refractivity contribution in [3.05, 3.63) is 35.6 Å². The summed E-state index contributed by atoms with van der Waals surface area (Å²) in [5.74, 6) is 8.91. The fourth-order valence-corrected chi connectivity index (χ4v) is 8.06. The number of carbonyl (C=O) groups excluding carboxylic acids is 2. The minimum atomic E-state index is -0.344. The molecule has 1 aliphatic heterocycles. The van der Waals surface area contributed by atoms with Crippen LogP contribution in [0.15, 0.2) is 28.9 Å². The molecule has 1 saturated heterocycles. The molecule has 1 unspecified atom stereocenters. The van der Waals surface area contributed by atoms with E-state index in [9.17, 15) is 9.59 Å². The van der Waals surface area contributed by atoms with E-state index in [2.05, 4.69) is 29.1 Å². The van der Waals surface area contributed by atoms with E-state index in [-0.39, 0.29) is 17.7 Å². The number of imide groups is 1. The molecule has 4 saturated carbocycles. The Labute approximate surface area is 214 Å². The van der Waals surface area contributed by atoms with E-state index < -0.39 is 0 Å². The topological polar surface area (TPSA) is 62.6 Å². The quantitative estimate of drug-likeness (QED) is 0.307. The number of piperidine rings is 1. The van der Waals surface area contributed by atoms with Crippen molar-refractivity contribution in [1.82, 2.24) is 10.2 Å². The van der Waals surface area contributed by atoms with Gasteiger partial charge in [-0.1, -0.05) is 18.3 Å². The summed E-state index contributed by atoms with van der Waals surface area (Å²) < 4.78 is 5.68. The van der Waals surface area contributed by atoms with Gasteiger partial charge in [-0.05, 0) is 107 Å². The van der Waals surface area contributed by atoms with Crippen LogP contribution in [0.25, 0.3) is 11.0 Å². The molecule has 5 nitrogen and oxygen atoms in total. The summed E-state index contributed by atoms with van der Waals surface area (Å²) in [7, 11) is 2.39. The van der Waals surface area contributed by atoms with E-state index in [1.165, 1.54) is 57.9 Å². The summed E-state index contributed by atoms with van der Waals surface area (Å²) in [4.78, 5) is 26.6. The van der Waals surface area contributed by atoms with Gasteiger partial charge in [-0.15, -0.1) is 0 Å². The van der Waals surface area contributed by atoms with Gasteiger partial charge in [0.15, 0.2) is 0 Å². The largest absolute Gasteiger partial charge is 0.464 e. The molecule has 5 aliphatic rings. The molecular weight excluding hydrogens is 448 g/mol. The van der Waals surface area contributed by atoms with Crippen LogP contribution < -0.4 is 5.32 Å². The number of furan rings is 1. The minimum Gasteiger partial charge on any atom is -0.464 e. The minimum absolute atomic E-state index is 0.199. The highest BCUT2D eigenvalue weighted by atomic mass is 16.3. The highest BCUT2D eigenvalue weighted by Gasteiger charge is 2.52. The lowest BCUT2D eigenvalue weighted by molar-refractivity contribution is -0.134. The molecule has 4 aliphatic carbocycles. The van der Waals surface area contributed by atoms with Gasteiger partial charge in [-0.25, -0.2) is 0 Å². The molecule has 2 amide bonds. The second-order valence-corrected chi connectivity index (χ2v) is 12.1. The first-order valence-electron chi connectivity index (χ1n) is 14.0. The van der Waals surface area contributed by atoms with Crippen LogP contribution in [0.5, 0.6) is 0 Å². The number of carbonyl (C=O) groups is 2. The third-order valence-electron chi connectivity index (χ3n) is 9.56. The summed E-state index contributed by atoms with van der Waals surface area (Å²) in [6.45, 7) is 1.22. The van der Waals surface area contributed by atoms with Crippen LogP contribution in [0.4, 0.5) is 0 Å². The fraction of sp³-hybridized carbons (Fsp3) is 0.613. The zero-order chi connectivity index (χ0) is 24.7. The molecule has 4 bridgehead atoms. The molecule has 5 heteroatoms. The molecule has 2 heterocycles. The smallest absolute Gasteiger partial charge is 0.234 e. The van der Waals surface area contributed by atoms with Gasteiger partial charge in [0.1, 0.15) is 5.58 Å². The maximum absolute atomic E-state index is 12.3. The molecule has 1 N–H and O–H groups in total. The van der Waals surface area contributed by atoms with Gasteiger partial charge in [0.25, 0.3) is 0 Å². The fourth-order valence-electron chi connectivity index (χ4n) is 8.06. The number of nitrogens with one attached hydrogen (secondary N) is 1. The molecule has 7 rings (SSSR count). The average molecular weight is 487 g/mol. The monoisotopic (exact) mass is 486 g/mol. The van der Waals surface area contributed by atoms with E-state index in [4.69, 9.17) is 4.42 Å². The Morgan fingerprint density at radius 1 is 1.06 bits per heavy atom. The number of unbranched alkanes of at least 4 members (excludes halogenated alkanes) is 3. The predicted octanol–water partition coefficient (Wildman–Crippen LogP) is 5.77. The first-order chi connectivity index (χ1) is 17.5. The molecule has 36 heavy (non-hydrogen) atoms. The third-order valence-corrected chi connectivity index (χ3v) is 9.56. The van der Waals surface area contributed by atoms with Crippen LogP contribution in [0.1, 0.15) is 94.1 Å². The maximum atomic E-state index is 12.3. The van der Waals surface area contributed by atoms with E-state index in [1.54, 1.807) is 6.26 Å².